The Bertz CT molecular complexity index is 520. The summed E-state index contributed by atoms with van der Waals surface area (Å²) >= 11 is 0. The van der Waals surface area contributed by atoms with Gasteiger partial charge in [0.25, 0.3) is 5.91 Å². The van der Waals surface area contributed by atoms with Gasteiger partial charge in [-0.15, -0.1) is 0 Å². The van der Waals surface area contributed by atoms with E-state index in [9.17, 15) is 14.4 Å². The predicted molar refractivity (Wildman–Crippen MR) is 97.2 cm³/mol. The SMILES string of the molecule is CCCCCCCCCC(=O)NC(C=O)CNC(=O)c1cccnc1. The summed E-state index contributed by atoms with van der Waals surface area (Å²) in [5, 5.41) is 5.27. The number of hydrogen-bond donors (Lipinski definition) is 2. The number of aromatic nitrogens is 1. The highest BCUT2D eigenvalue weighted by Crippen LogP contribution is 2.08. The summed E-state index contributed by atoms with van der Waals surface area (Å²) < 4.78 is 0. The lowest BCUT2D eigenvalue weighted by atomic mass is 10.1. The van der Waals surface area contributed by atoms with Gasteiger partial charge in [-0.3, -0.25) is 14.6 Å². The molecule has 0 aliphatic heterocycles. The average molecular weight is 347 g/mol. The number of amides is 2. The monoisotopic (exact) mass is 347 g/mol. The Labute approximate surface area is 149 Å². The number of carbonyl (C=O) groups excluding carboxylic acids is 3. The van der Waals surface area contributed by atoms with Crippen LogP contribution in [0.1, 0.15) is 68.6 Å². The van der Waals surface area contributed by atoms with Crippen molar-refractivity contribution < 1.29 is 14.4 Å². The minimum Gasteiger partial charge on any atom is -0.349 e. The van der Waals surface area contributed by atoms with Crippen LogP contribution in [-0.2, 0) is 9.59 Å². The molecule has 0 aliphatic carbocycles. The number of aldehydes is 1. The number of hydrogen-bond acceptors (Lipinski definition) is 4. The van der Waals surface area contributed by atoms with E-state index in [1.165, 1.54) is 31.9 Å². The predicted octanol–water partition coefficient (Wildman–Crippen LogP) is 2.64. The van der Waals surface area contributed by atoms with E-state index < -0.39 is 6.04 Å². The van der Waals surface area contributed by atoms with Crippen LogP contribution < -0.4 is 10.6 Å². The topological polar surface area (TPSA) is 88.2 Å². The Hall–Kier alpha value is -2.24. The Morgan fingerprint density at radius 3 is 2.52 bits per heavy atom. The normalized spacial score (nSPS) is 11.6. The molecule has 0 aromatic carbocycles. The first-order chi connectivity index (χ1) is 12.2. The molecule has 0 saturated carbocycles. The minimum atomic E-state index is -0.710. The van der Waals surface area contributed by atoms with Gasteiger partial charge in [-0.1, -0.05) is 45.4 Å². The smallest absolute Gasteiger partial charge is 0.252 e. The minimum absolute atomic E-state index is 0.0694. The maximum atomic E-state index is 11.9. The number of rotatable bonds is 13. The van der Waals surface area contributed by atoms with Crippen LogP contribution in [0.3, 0.4) is 0 Å². The molecule has 1 heterocycles. The van der Waals surface area contributed by atoms with Crippen LogP contribution in [0.25, 0.3) is 0 Å². The molecular weight excluding hydrogens is 318 g/mol. The van der Waals surface area contributed by atoms with Crippen molar-refractivity contribution in [2.24, 2.45) is 0 Å². The first-order valence-corrected chi connectivity index (χ1v) is 9.10. The van der Waals surface area contributed by atoms with Crippen LogP contribution in [0.2, 0.25) is 0 Å². The van der Waals surface area contributed by atoms with Gasteiger partial charge in [0.15, 0.2) is 0 Å². The maximum Gasteiger partial charge on any atom is 0.252 e. The summed E-state index contributed by atoms with van der Waals surface area (Å²) in [5.74, 6) is -0.470. The van der Waals surface area contributed by atoms with Crippen LogP contribution in [0.15, 0.2) is 24.5 Å². The third-order valence-corrected chi connectivity index (χ3v) is 3.92. The molecule has 0 bridgehead atoms. The van der Waals surface area contributed by atoms with Crippen molar-refractivity contribution in [3.05, 3.63) is 30.1 Å². The second kappa shape index (κ2) is 13.1. The van der Waals surface area contributed by atoms with E-state index >= 15 is 0 Å². The van der Waals surface area contributed by atoms with Gasteiger partial charge in [-0.25, -0.2) is 0 Å². The fourth-order valence-electron chi connectivity index (χ4n) is 2.46. The fourth-order valence-corrected chi connectivity index (χ4v) is 2.46. The van der Waals surface area contributed by atoms with Gasteiger partial charge < -0.3 is 15.4 Å². The van der Waals surface area contributed by atoms with Crippen LogP contribution >= 0.6 is 0 Å². The molecule has 6 heteroatoms. The Morgan fingerprint density at radius 1 is 1.16 bits per heavy atom. The highest BCUT2D eigenvalue weighted by Gasteiger charge is 2.13. The van der Waals surface area contributed by atoms with E-state index in [4.69, 9.17) is 0 Å². The molecule has 25 heavy (non-hydrogen) atoms. The molecule has 138 valence electrons. The van der Waals surface area contributed by atoms with Crippen molar-refractivity contribution >= 4 is 18.1 Å². The fraction of sp³-hybridized carbons (Fsp3) is 0.579. The molecule has 2 amide bonds. The first kappa shape index (κ1) is 20.8. The van der Waals surface area contributed by atoms with Gasteiger partial charge in [0.2, 0.25) is 5.91 Å². The first-order valence-electron chi connectivity index (χ1n) is 9.10. The Balaban J connectivity index is 2.18. The molecule has 0 radical (unpaired) electrons. The van der Waals surface area contributed by atoms with Crippen LogP contribution in [0.4, 0.5) is 0 Å². The van der Waals surface area contributed by atoms with Crippen molar-refractivity contribution in [2.45, 2.75) is 64.3 Å². The highest BCUT2D eigenvalue weighted by atomic mass is 16.2. The molecule has 1 rings (SSSR count). The van der Waals surface area contributed by atoms with Crippen LogP contribution in [-0.4, -0.2) is 35.7 Å². The van der Waals surface area contributed by atoms with E-state index in [0.29, 0.717) is 18.3 Å². The molecule has 1 unspecified atom stereocenters. The molecule has 0 saturated heterocycles. The van der Waals surface area contributed by atoms with Gasteiger partial charge in [0.05, 0.1) is 5.56 Å². The number of unbranched alkanes of at least 4 members (excludes halogenated alkanes) is 6. The van der Waals surface area contributed by atoms with Gasteiger partial charge in [-0.2, -0.15) is 0 Å². The number of pyridine rings is 1. The zero-order valence-electron chi connectivity index (χ0n) is 15.0. The van der Waals surface area contributed by atoms with Gasteiger partial charge in [0.1, 0.15) is 12.3 Å². The highest BCUT2D eigenvalue weighted by molar-refractivity contribution is 5.94. The van der Waals surface area contributed by atoms with Gasteiger partial charge in [-0.05, 0) is 18.6 Å². The molecule has 6 nitrogen and oxygen atoms in total. The number of nitrogens with zero attached hydrogens (tertiary/aromatic N) is 1. The maximum absolute atomic E-state index is 11.9. The van der Waals surface area contributed by atoms with Crippen LogP contribution in [0, 0.1) is 0 Å². The zero-order valence-corrected chi connectivity index (χ0v) is 15.0. The van der Waals surface area contributed by atoms with E-state index in [2.05, 4.69) is 22.5 Å². The lowest BCUT2D eigenvalue weighted by molar-refractivity contribution is -0.124. The molecular formula is C19H29N3O3. The van der Waals surface area contributed by atoms with Crippen molar-refractivity contribution in [3.8, 4) is 0 Å². The summed E-state index contributed by atoms with van der Waals surface area (Å²) in [5.41, 5.74) is 0.418. The van der Waals surface area contributed by atoms with Crippen LogP contribution in [0.5, 0.6) is 0 Å². The summed E-state index contributed by atoms with van der Waals surface area (Å²) in [6, 6.07) is 2.59. The third-order valence-electron chi connectivity index (χ3n) is 3.92. The lowest BCUT2D eigenvalue weighted by Crippen LogP contribution is -2.44. The quantitative estimate of drug-likeness (QED) is 0.424. The standard InChI is InChI=1S/C19H29N3O3/c1-2-3-4-5-6-7-8-11-18(24)22-17(15-23)14-21-19(25)16-10-9-12-20-13-16/h9-10,12-13,15,17H,2-8,11,14H2,1H3,(H,21,25)(H,22,24). The van der Waals surface area contributed by atoms with Gasteiger partial charge in [0, 0.05) is 25.4 Å². The summed E-state index contributed by atoms with van der Waals surface area (Å²) in [7, 11) is 0. The summed E-state index contributed by atoms with van der Waals surface area (Å²) in [6.07, 6.45) is 12.1. The Morgan fingerprint density at radius 2 is 1.88 bits per heavy atom. The van der Waals surface area contributed by atoms with E-state index in [0.717, 1.165) is 19.3 Å². The van der Waals surface area contributed by atoms with Gasteiger partial charge >= 0.3 is 0 Å². The zero-order chi connectivity index (χ0) is 18.3. The van der Waals surface area contributed by atoms with E-state index in [1.54, 1.807) is 18.3 Å². The molecule has 1 aromatic rings. The van der Waals surface area contributed by atoms with E-state index in [1.807, 2.05) is 0 Å². The van der Waals surface area contributed by atoms with Crippen molar-refractivity contribution in [1.82, 2.24) is 15.6 Å². The lowest BCUT2D eigenvalue weighted by Gasteiger charge is -2.13. The summed E-state index contributed by atoms with van der Waals surface area (Å²) in [4.78, 5) is 38.7. The second-order valence-corrected chi connectivity index (χ2v) is 6.13. The largest absolute Gasteiger partial charge is 0.349 e. The number of nitrogens with one attached hydrogen (secondary N) is 2. The molecule has 2 N–H and O–H groups in total. The Kier molecular flexibility index (Phi) is 10.9. The molecule has 0 fully saturated rings. The molecule has 0 aliphatic rings. The van der Waals surface area contributed by atoms with E-state index in [-0.39, 0.29) is 18.4 Å². The molecule has 1 atom stereocenters. The average Bonchev–Trinajstić information content (AvgIpc) is 2.64. The molecule has 0 spiro atoms. The molecule has 1 aromatic heterocycles. The second-order valence-electron chi connectivity index (χ2n) is 6.13. The third kappa shape index (κ3) is 9.59. The summed E-state index contributed by atoms with van der Waals surface area (Å²) in [6.45, 7) is 2.26. The van der Waals surface area contributed by atoms with Crippen molar-refractivity contribution in [2.75, 3.05) is 6.54 Å². The number of carbonyl (C=O) groups is 3. The van der Waals surface area contributed by atoms with Crippen molar-refractivity contribution in [3.63, 3.8) is 0 Å². The van der Waals surface area contributed by atoms with Crippen molar-refractivity contribution in [1.29, 1.82) is 0 Å².